The molecule has 0 bridgehead atoms. The fourth-order valence-electron chi connectivity index (χ4n) is 2.03. The van der Waals surface area contributed by atoms with Crippen LogP contribution in [0.25, 0.3) is 5.57 Å². The summed E-state index contributed by atoms with van der Waals surface area (Å²) in [4.78, 5) is 0. The first kappa shape index (κ1) is 12.7. The van der Waals surface area contributed by atoms with Gasteiger partial charge in [-0.1, -0.05) is 22.0 Å². The van der Waals surface area contributed by atoms with Crippen molar-refractivity contribution in [3.05, 3.63) is 39.9 Å². The van der Waals surface area contributed by atoms with Crippen LogP contribution in [0.2, 0.25) is 0 Å². The molecule has 0 fully saturated rings. The SMILES string of the molecule is FC(F)(F)c1ccc(Br)c(C2=CCCCC2)c1. The van der Waals surface area contributed by atoms with Crippen LogP contribution in [0.5, 0.6) is 0 Å². The van der Waals surface area contributed by atoms with Crippen LogP contribution in [0.15, 0.2) is 28.7 Å². The monoisotopic (exact) mass is 304 g/mol. The zero-order valence-corrected chi connectivity index (χ0v) is 10.7. The summed E-state index contributed by atoms with van der Waals surface area (Å²) in [5.74, 6) is 0. The summed E-state index contributed by atoms with van der Waals surface area (Å²) >= 11 is 3.32. The zero-order chi connectivity index (χ0) is 12.5. The van der Waals surface area contributed by atoms with Gasteiger partial charge in [-0.2, -0.15) is 13.2 Å². The summed E-state index contributed by atoms with van der Waals surface area (Å²) < 4.78 is 38.6. The smallest absolute Gasteiger partial charge is 0.166 e. The molecule has 0 spiro atoms. The normalized spacial score (nSPS) is 16.8. The predicted molar refractivity (Wildman–Crippen MR) is 65.6 cm³/mol. The molecule has 0 saturated carbocycles. The van der Waals surface area contributed by atoms with E-state index in [4.69, 9.17) is 0 Å². The van der Waals surface area contributed by atoms with E-state index < -0.39 is 11.7 Å². The Kier molecular flexibility index (Phi) is 3.61. The second-order valence-corrected chi connectivity index (χ2v) is 5.02. The van der Waals surface area contributed by atoms with E-state index in [2.05, 4.69) is 15.9 Å². The van der Waals surface area contributed by atoms with Crippen molar-refractivity contribution in [2.75, 3.05) is 0 Å². The summed E-state index contributed by atoms with van der Waals surface area (Å²) in [6, 6.07) is 3.83. The summed E-state index contributed by atoms with van der Waals surface area (Å²) in [7, 11) is 0. The first-order chi connectivity index (χ1) is 7.98. The molecule has 1 aliphatic rings. The molecule has 1 aromatic rings. The third-order valence-electron chi connectivity index (χ3n) is 2.93. The van der Waals surface area contributed by atoms with Gasteiger partial charge in [0.15, 0.2) is 0 Å². The number of alkyl halides is 3. The molecular formula is C13H12BrF3. The van der Waals surface area contributed by atoms with Crippen LogP contribution in [-0.4, -0.2) is 0 Å². The van der Waals surface area contributed by atoms with Crippen molar-refractivity contribution in [1.29, 1.82) is 0 Å². The van der Waals surface area contributed by atoms with Gasteiger partial charge in [-0.25, -0.2) is 0 Å². The molecule has 0 unspecified atom stereocenters. The van der Waals surface area contributed by atoms with Crippen LogP contribution in [0.3, 0.4) is 0 Å². The molecule has 0 radical (unpaired) electrons. The maximum Gasteiger partial charge on any atom is 0.416 e. The van der Waals surface area contributed by atoms with Gasteiger partial charge in [-0.3, -0.25) is 0 Å². The van der Waals surface area contributed by atoms with E-state index >= 15 is 0 Å². The minimum atomic E-state index is -4.27. The summed E-state index contributed by atoms with van der Waals surface area (Å²) in [6.45, 7) is 0. The molecule has 2 rings (SSSR count). The highest BCUT2D eigenvalue weighted by atomic mass is 79.9. The maximum atomic E-state index is 12.6. The van der Waals surface area contributed by atoms with Crippen LogP contribution in [-0.2, 0) is 6.18 Å². The number of rotatable bonds is 1. The standard InChI is InChI=1S/C13H12BrF3/c14-12-7-6-10(13(15,16)17)8-11(12)9-4-2-1-3-5-9/h4,6-8H,1-3,5H2. The molecule has 1 aliphatic carbocycles. The second kappa shape index (κ2) is 4.84. The number of halogens is 4. The van der Waals surface area contributed by atoms with Gasteiger partial charge in [-0.05, 0) is 55.0 Å². The highest BCUT2D eigenvalue weighted by Gasteiger charge is 2.31. The van der Waals surface area contributed by atoms with Crippen molar-refractivity contribution in [3.63, 3.8) is 0 Å². The first-order valence-corrected chi connectivity index (χ1v) is 6.34. The summed E-state index contributed by atoms with van der Waals surface area (Å²) in [5, 5.41) is 0. The molecular weight excluding hydrogens is 293 g/mol. The quantitative estimate of drug-likeness (QED) is 0.649. The molecule has 0 N–H and O–H groups in total. The predicted octanol–water partition coefficient (Wildman–Crippen LogP) is 5.43. The van der Waals surface area contributed by atoms with Crippen molar-refractivity contribution < 1.29 is 13.2 Å². The average Bonchev–Trinajstić information content (AvgIpc) is 2.29. The van der Waals surface area contributed by atoms with Crippen LogP contribution in [0.1, 0.15) is 36.8 Å². The minimum Gasteiger partial charge on any atom is -0.166 e. The van der Waals surface area contributed by atoms with Crippen molar-refractivity contribution in [2.24, 2.45) is 0 Å². The third-order valence-corrected chi connectivity index (χ3v) is 3.62. The lowest BCUT2D eigenvalue weighted by Crippen LogP contribution is -2.06. The number of hydrogen-bond donors (Lipinski definition) is 0. The van der Waals surface area contributed by atoms with Crippen molar-refractivity contribution in [1.82, 2.24) is 0 Å². The number of benzene rings is 1. The van der Waals surface area contributed by atoms with E-state index in [1.165, 1.54) is 12.1 Å². The Labute approximate surface area is 107 Å². The van der Waals surface area contributed by atoms with Gasteiger partial charge >= 0.3 is 6.18 Å². The molecule has 0 amide bonds. The van der Waals surface area contributed by atoms with Gasteiger partial charge in [0.1, 0.15) is 0 Å². The molecule has 17 heavy (non-hydrogen) atoms. The van der Waals surface area contributed by atoms with Crippen molar-refractivity contribution in [2.45, 2.75) is 31.9 Å². The molecule has 0 saturated heterocycles. The molecule has 1 aromatic carbocycles. The molecule has 4 heteroatoms. The topological polar surface area (TPSA) is 0 Å². The molecule has 0 nitrogen and oxygen atoms in total. The van der Waals surface area contributed by atoms with Gasteiger partial charge in [-0.15, -0.1) is 0 Å². The van der Waals surface area contributed by atoms with Crippen LogP contribution in [0, 0.1) is 0 Å². The zero-order valence-electron chi connectivity index (χ0n) is 9.15. The Bertz CT molecular complexity index is 446. The van der Waals surface area contributed by atoms with Gasteiger partial charge in [0.05, 0.1) is 5.56 Å². The van der Waals surface area contributed by atoms with E-state index in [0.29, 0.717) is 5.56 Å². The number of allylic oxidation sites excluding steroid dienone is 2. The Morgan fingerprint density at radius 3 is 2.47 bits per heavy atom. The third kappa shape index (κ3) is 2.92. The van der Waals surface area contributed by atoms with Gasteiger partial charge in [0, 0.05) is 4.47 Å². The largest absolute Gasteiger partial charge is 0.416 e. The molecule has 0 aromatic heterocycles. The summed E-state index contributed by atoms with van der Waals surface area (Å²) in [5.41, 5.74) is 1.12. The van der Waals surface area contributed by atoms with Gasteiger partial charge in [0.2, 0.25) is 0 Å². The average molecular weight is 305 g/mol. The van der Waals surface area contributed by atoms with E-state index in [0.717, 1.165) is 41.8 Å². The fraction of sp³-hybridized carbons (Fsp3) is 0.385. The highest BCUT2D eigenvalue weighted by Crippen LogP contribution is 2.36. The van der Waals surface area contributed by atoms with Crippen LogP contribution in [0.4, 0.5) is 13.2 Å². The van der Waals surface area contributed by atoms with E-state index in [9.17, 15) is 13.2 Å². The van der Waals surface area contributed by atoms with Crippen LogP contribution < -0.4 is 0 Å². The number of hydrogen-bond acceptors (Lipinski definition) is 0. The minimum absolute atomic E-state index is 0.581. The van der Waals surface area contributed by atoms with Gasteiger partial charge in [0.25, 0.3) is 0 Å². The van der Waals surface area contributed by atoms with Crippen molar-refractivity contribution >= 4 is 21.5 Å². The first-order valence-electron chi connectivity index (χ1n) is 5.54. The fourth-order valence-corrected chi connectivity index (χ4v) is 2.53. The van der Waals surface area contributed by atoms with E-state index in [1.807, 2.05) is 6.08 Å². The maximum absolute atomic E-state index is 12.6. The van der Waals surface area contributed by atoms with Crippen LogP contribution >= 0.6 is 15.9 Å². The van der Waals surface area contributed by atoms with E-state index in [-0.39, 0.29) is 0 Å². The Morgan fingerprint density at radius 2 is 1.88 bits per heavy atom. The van der Waals surface area contributed by atoms with Crippen molar-refractivity contribution in [3.8, 4) is 0 Å². The summed E-state index contributed by atoms with van der Waals surface area (Å²) in [6.07, 6.45) is 1.76. The Balaban J connectivity index is 2.42. The molecule has 0 atom stereocenters. The second-order valence-electron chi connectivity index (χ2n) is 4.17. The lowest BCUT2D eigenvalue weighted by Gasteiger charge is -2.16. The highest BCUT2D eigenvalue weighted by molar-refractivity contribution is 9.10. The Hall–Kier alpha value is -0.770. The Morgan fingerprint density at radius 1 is 1.12 bits per heavy atom. The van der Waals surface area contributed by atoms with Gasteiger partial charge < -0.3 is 0 Å². The lowest BCUT2D eigenvalue weighted by molar-refractivity contribution is -0.137. The molecule has 0 heterocycles. The van der Waals surface area contributed by atoms with E-state index in [1.54, 1.807) is 0 Å². The lowest BCUT2D eigenvalue weighted by atomic mass is 9.93. The molecule has 0 aliphatic heterocycles. The molecule has 92 valence electrons.